The van der Waals surface area contributed by atoms with E-state index in [9.17, 15) is 0 Å². The van der Waals surface area contributed by atoms with Crippen molar-refractivity contribution in [1.29, 1.82) is 0 Å². The van der Waals surface area contributed by atoms with Crippen LogP contribution in [0.15, 0.2) is 48.7 Å². The fraction of sp³-hybridized carbons (Fsp3) is 0.0714. The van der Waals surface area contributed by atoms with Crippen molar-refractivity contribution < 1.29 is 0 Å². The summed E-state index contributed by atoms with van der Waals surface area (Å²) in [6.07, 6.45) is 1.75. The predicted molar refractivity (Wildman–Crippen MR) is 80.3 cm³/mol. The van der Waals surface area contributed by atoms with Crippen LogP contribution >= 0.6 is 12.2 Å². The van der Waals surface area contributed by atoms with Crippen LogP contribution in [-0.4, -0.2) is 19.5 Å². The van der Waals surface area contributed by atoms with E-state index < -0.39 is 0 Å². The summed E-state index contributed by atoms with van der Waals surface area (Å²) >= 11 is 5.41. The quantitative estimate of drug-likeness (QED) is 0.726. The smallest absolute Gasteiger partial charge is 0.170 e. The molecular formula is C14H12N4S. The highest BCUT2D eigenvalue weighted by Gasteiger charge is 2.12. The Morgan fingerprint density at radius 2 is 1.95 bits per heavy atom. The van der Waals surface area contributed by atoms with E-state index in [1.807, 2.05) is 54.1 Å². The van der Waals surface area contributed by atoms with Crippen LogP contribution in [0.25, 0.3) is 11.2 Å². The Hall–Kier alpha value is -2.27. The number of para-hydroxylation sites is 1. The van der Waals surface area contributed by atoms with Crippen molar-refractivity contribution in [2.24, 2.45) is 7.05 Å². The first-order chi connectivity index (χ1) is 9.25. The van der Waals surface area contributed by atoms with Gasteiger partial charge in [0.1, 0.15) is 10.5 Å². The summed E-state index contributed by atoms with van der Waals surface area (Å²) in [7, 11) is 1.91. The average molecular weight is 268 g/mol. The minimum Gasteiger partial charge on any atom is -0.344 e. The molecule has 0 aliphatic heterocycles. The van der Waals surface area contributed by atoms with Gasteiger partial charge in [-0.2, -0.15) is 0 Å². The molecular weight excluding hydrogens is 256 g/mol. The molecule has 5 heteroatoms. The van der Waals surface area contributed by atoms with Gasteiger partial charge in [0.25, 0.3) is 0 Å². The zero-order valence-corrected chi connectivity index (χ0v) is 11.2. The number of rotatable bonds is 2. The molecule has 0 radical (unpaired) electrons. The van der Waals surface area contributed by atoms with Crippen LogP contribution < -0.4 is 5.32 Å². The molecule has 2 aromatic heterocycles. The topological polar surface area (TPSA) is 42.7 Å². The number of aromatic nitrogens is 3. The summed E-state index contributed by atoms with van der Waals surface area (Å²) in [4.78, 5) is 9.40. The fourth-order valence-electron chi connectivity index (χ4n) is 1.94. The van der Waals surface area contributed by atoms with Gasteiger partial charge in [-0.15, -0.1) is 0 Å². The lowest BCUT2D eigenvalue weighted by Gasteiger charge is -2.07. The number of hydrogen-bond acceptors (Lipinski definition) is 3. The highest BCUT2D eigenvalue weighted by molar-refractivity contribution is 7.81. The van der Waals surface area contributed by atoms with Gasteiger partial charge in [0.15, 0.2) is 11.5 Å². The Balaban J connectivity index is 1.96. The van der Waals surface area contributed by atoms with Gasteiger partial charge in [0.2, 0.25) is 0 Å². The van der Waals surface area contributed by atoms with Crippen LogP contribution in [0, 0.1) is 0 Å². The first-order valence-corrected chi connectivity index (χ1v) is 6.30. The highest BCUT2D eigenvalue weighted by atomic mass is 32.1. The summed E-state index contributed by atoms with van der Waals surface area (Å²) in [5.41, 5.74) is 2.62. The second-order valence-electron chi connectivity index (χ2n) is 4.16. The Morgan fingerprint density at radius 3 is 2.68 bits per heavy atom. The van der Waals surface area contributed by atoms with E-state index in [4.69, 9.17) is 12.2 Å². The molecule has 1 N–H and O–H groups in total. The van der Waals surface area contributed by atoms with Gasteiger partial charge < -0.3 is 9.88 Å². The number of pyridine rings is 1. The van der Waals surface area contributed by atoms with Crippen molar-refractivity contribution in [3.05, 3.63) is 54.5 Å². The van der Waals surface area contributed by atoms with Crippen molar-refractivity contribution in [1.82, 2.24) is 14.5 Å². The van der Waals surface area contributed by atoms with E-state index in [1.165, 1.54) is 0 Å². The summed E-state index contributed by atoms with van der Waals surface area (Å²) in [6.45, 7) is 0. The Labute approximate surface area is 116 Å². The van der Waals surface area contributed by atoms with E-state index in [2.05, 4.69) is 15.3 Å². The lowest BCUT2D eigenvalue weighted by Crippen LogP contribution is -2.15. The second kappa shape index (κ2) is 4.78. The lowest BCUT2D eigenvalue weighted by molar-refractivity contribution is 0.917. The van der Waals surface area contributed by atoms with Gasteiger partial charge in [-0.05, 0) is 24.3 Å². The van der Waals surface area contributed by atoms with Gasteiger partial charge in [0, 0.05) is 18.9 Å². The van der Waals surface area contributed by atoms with E-state index in [-0.39, 0.29) is 0 Å². The lowest BCUT2D eigenvalue weighted by atomic mass is 10.3. The monoisotopic (exact) mass is 268 g/mol. The maximum absolute atomic E-state index is 5.41. The maximum Gasteiger partial charge on any atom is 0.170 e. The van der Waals surface area contributed by atoms with E-state index in [1.54, 1.807) is 6.20 Å². The van der Waals surface area contributed by atoms with Gasteiger partial charge in [-0.1, -0.05) is 30.4 Å². The molecule has 0 spiro atoms. The van der Waals surface area contributed by atoms with E-state index >= 15 is 0 Å². The van der Waals surface area contributed by atoms with Gasteiger partial charge in [-0.3, -0.25) is 0 Å². The Kier molecular flexibility index (Phi) is 2.97. The SMILES string of the molecule is Cn1c(C(=S)Nc2ccccc2)nc2cccnc21. The molecule has 4 nitrogen and oxygen atoms in total. The first kappa shape index (κ1) is 11.8. The number of aryl methyl sites for hydroxylation is 1. The molecule has 2 heterocycles. The average Bonchev–Trinajstić information content (AvgIpc) is 2.78. The molecule has 0 atom stereocenters. The molecule has 3 aromatic rings. The molecule has 94 valence electrons. The molecule has 19 heavy (non-hydrogen) atoms. The van der Waals surface area contributed by atoms with Crippen molar-refractivity contribution >= 4 is 34.1 Å². The third kappa shape index (κ3) is 2.20. The van der Waals surface area contributed by atoms with Crippen molar-refractivity contribution in [3.8, 4) is 0 Å². The van der Waals surface area contributed by atoms with Gasteiger partial charge in [0.05, 0.1) is 0 Å². The zero-order valence-electron chi connectivity index (χ0n) is 10.4. The Bertz CT molecular complexity index is 734. The fourth-order valence-corrected chi connectivity index (χ4v) is 2.24. The molecule has 0 saturated heterocycles. The van der Waals surface area contributed by atoms with Gasteiger partial charge >= 0.3 is 0 Å². The summed E-state index contributed by atoms with van der Waals surface area (Å²) < 4.78 is 1.90. The first-order valence-electron chi connectivity index (χ1n) is 5.89. The van der Waals surface area contributed by atoms with Crippen LogP contribution in [0.5, 0.6) is 0 Å². The molecule has 0 saturated carbocycles. The molecule has 0 unspecified atom stereocenters. The number of thiocarbonyl (C=S) groups is 1. The predicted octanol–water partition coefficient (Wildman–Crippen LogP) is 2.76. The van der Waals surface area contributed by atoms with Crippen molar-refractivity contribution in [2.45, 2.75) is 0 Å². The van der Waals surface area contributed by atoms with Gasteiger partial charge in [-0.25, -0.2) is 9.97 Å². The number of hydrogen-bond donors (Lipinski definition) is 1. The number of fused-ring (bicyclic) bond motifs is 1. The van der Waals surface area contributed by atoms with Crippen LogP contribution in [0.1, 0.15) is 5.82 Å². The normalized spacial score (nSPS) is 10.6. The molecule has 0 amide bonds. The van der Waals surface area contributed by atoms with Crippen LogP contribution in [0.3, 0.4) is 0 Å². The molecule has 1 aromatic carbocycles. The van der Waals surface area contributed by atoms with Crippen molar-refractivity contribution in [3.63, 3.8) is 0 Å². The number of anilines is 1. The third-order valence-corrected chi connectivity index (χ3v) is 3.15. The summed E-state index contributed by atoms with van der Waals surface area (Å²) in [5.74, 6) is 0.715. The maximum atomic E-state index is 5.41. The molecule has 0 aliphatic carbocycles. The molecule has 0 bridgehead atoms. The van der Waals surface area contributed by atoms with Crippen LogP contribution in [-0.2, 0) is 7.05 Å². The van der Waals surface area contributed by atoms with Crippen LogP contribution in [0.4, 0.5) is 5.69 Å². The number of benzene rings is 1. The van der Waals surface area contributed by atoms with Crippen molar-refractivity contribution in [2.75, 3.05) is 5.32 Å². The number of imidazole rings is 1. The Morgan fingerprint density at radius 1 is 1.16 bits per heavy atom. The standard InChI is InChI=1S/C14H12N4S/c1-18-12-11(8-5-9-15-12)17-13(18)14(19)16-10-6-3-2-4-7-10/h2-9H,1H3,(H,16,19). The highest BCUT2D eigenvalue weighted by Crippen LogP contribution is 2.14. The van der Waals surface area contributed by atoms with E-state index in [0.717, 1.165) is 16.9 Å². The van der Waals surface area contributed by atoms with Crippen LogP contribution in [0.2, 0.25) is 0 Å². The molecule has 0 aliphatic rings. The molecule has 3 rings (SSSR count). The molecule has 0 fully saturated rings. The minimum absolute atomic E-state index is 0.590. The minimum atomic E-state index is 0.590. The number of nitrogens with one attached hydrogen (secondary N) is 1. The largest absolute Gasteiger partial charge is 0.344 e. The summed E-state index contributed by atoms with van der Waals surface area (Å²) in [6, 6.07) is 13.6. The third-order valence-electron chi connectivity index (χ3n) is 2.86. The van der Waals surface area contributed by atoms with E-state index in [0.29, 0.717) is 10.8 Å². The summed E-state index contributed by atoms with van der Waals surface area (Å²) in [5, 5.41) is 3.18. The second-order valence-corrected chi connectivity index (χ2v) is 4.57. The number of nitrogens with zero attached hydrogens (tertiary/aromatic N) is 3. The zero-order chi connectivity index (χ0) is 13.2.